The van der Waals surface area contributed by atoms with Gasteiger partial charge in [0.05, 0.1) is 0 Å². The molecule has 24 heavy (non-hydrogen) atoms. The maximum absolute atomic E-state index is 5.81. The van der Waals surface area contributed by atoms with Crippen LogP contribution in [0.3, 0.4) is 0 Å². The third-order valence-electron chi connectivity index (χ3n) is 3.85. The fourth-order valence-corrected chi connectivity index (χ4v) is 2.96. The molecule has 2 aromatic rings. The fourth-order valence-electron chi connectivity index (χ4n) is 2.76. The number of halogens is 1. The molecular formula is C19H18INO3. The Hall–Kier alpha value is -1.86. The SMILES string of the molecule is COCC/C=C/COc1ccc2c(c1)/C(=N/OI)c1ccccc1-2. The Labute approximate surface area is 155 Å². The molecule has 4 nitrogen and oxygen atoms in total. The summed E-state index contributed by atoms with van der Waals surface area (Å²) in [7, 11) is 1.70. The Morgan fingerprint density at radius 3 is 2.58 bits per heavy atom. The van der Waals surface area contributed by atoms with E-state index >= 15 is 0 Å². The second-order valence-electron chi connectivity index (χ2n) is 5.33. The van der Waals surface area contributed by atoms with Crippen LogP contribution in [0.2, 0.25) is 0 Å². The molecule has 0 aliphatic heterocycles. The number of nitrogens with zero attached hydrogens (tertiary/aromatic N) is 1. The average molecular weight is 435 g/mol. The van der Waals surface area contributed by atoms with Crippen LogP contribution >= 0.6 is 23.0 Å². The van der Waals surface area contributed by atoms with Crippen molar-refractivity contribution in [2.45, 2.75) is 6.42 Å². The van der Waals surface area contributed by atoms with E-state index in [4.69, 9.17) is 12.6 Å². The zero-order chi connectivity index (χ0) is 16.8. The van der Waals surface area contributed by atoms with Gasteiger partial charge in [-0.25, -0.2) is 0 Å². The molecule has 0 radical (unpaired) electrons. The van der Waals surface area contributed by atoms with Gasteiger partial charge in [-0.15, -0.1) is 0 Å². The van der Waals surface area contributed by atoms with Crippen LogP contribution < -0.4 is 4.74 Å². The average Bonchev–Trinajstić information content (AvgIpc) is 2.92. The fraction of sp³-hybridized carbons (Fsp3) is 0.211. The van der Waals surface area contributed by atoms with Crippen molar-refractivity contribution in [2.24, 2.45) is 5.16 Å². The van der Waals surface area contributed by atoms with E-state index in [-0.39, 0.29) is 0 Å². The summed E-state index contributed by atoms with van der Waals surface area (Å²) < 4.78 is 15.8. The van der Waals surface area contributed by atoms with Crippen LogP contribution in [0.5, 0.6) is 5.75 Å². The Balaban J connectivity index is 1.79. The molecule has 0 amide bonds. The van der Waals surface area contributed by atoms with E-state index in [1.807, 2.05) is 30.3 Å². The number of hydrogen-bond donors (Lipinski definition) is 0. The minimum absolute atomic E-state index is 0.532. The minimum atomic E-state index is 0.532. The summed E-state index contributed by atoms with van der Waals surface area (Å²) in [5.41, 5.74) is 5.29. The number of methoxy groups -OCH3 is 1. The number of fused-ring (bicyclic) bond motifs is 3. The number of ether oxygens (including phenoxy) is 2. The van der Waals surface area contributed by atoms with Crippen molar-refractivity contribution in [3.63, 3.8) is 0 Å². The number of oxime groups is 1. The van der Waals surface area contributed by atoms with Crippen molar-refractivity contribution in [2.75, 3.05) is 20.3 Å². The summed E-state index contributed by atoms with van der Waals surface area (Å²) in [6.07, 6.45) is 4.95. The zero-order valence-corrected chi connectivity index (χ0v) is 15.5. The van der Waals surface area contributed by atoms with Crippen LogP contribution in [0.25, 0.3) is 11.1 Å². The van der Waals surface area contributed by atoms with E-state index in [0.717, 1.165) is 41.2 Å². The van der Waals surface area contributed by atoms with E-state index in [2.05, 4.69) is 29.4 Å². The molecule has 0 saturated carbocycles. The van der Waals surface area contributed by atoms with E-state index < -0.39 is 0 Å². The van der Waals surface area contributed by atoms with Gasteiger partial charge in [-0.1, -0.05) is 41.6 Å². The summed E-state index contributed by atoms with van der Waals surface area (Å²) in [5, 5.41) is 4.20. The lowest BCUT2D eigenvalue weighted by Gasteiger charge is -2.06. The van der Waals surface area contributed by atoms with Crippen molar-refractivity contribution in [1.82, 2.24) is 0 Å². The molecule has 0 N–H and O–H groups in total. The second kappa shape index (κ2) is 8.30. The zero-order valence-electron chi connectivity index (χ0n) is 13.4. The Kier molecular flexibility index (Phi) is 5.87. The lowest BCUT2D eigenvalue weighted by atomic mass is 10.1. The lowest BCUT2D eigenvalue weighted by Crippen LogP contribution is -2.00. The van der Waals surface area contributed by atoms with Crippen LogP contribution in [0.4, 0.5) is 0 Å². The van der Waals surface area contributed by atoms with E-state index in [1.54, 1.807) is 30.1 Å². The third-order valence-corrected chi connectivity index (χ3v) is 4.04. The van der Waals surface area contributed by atoms with Crippen molar-refractivity contribution >= 4 is 28.7 Å². The van der Waals surface area contributed by atoms with Gasteiger partial charge in [0, 0.05) is 24.8 Å². The molecule has 0 atom stereocenters. The van der Waals surface area contributed by atoms with Crippen LogP contribution in [0, 0.1) is 0 Å². The normalized spacial score (nSPS) is 14.0. The molecule has 2 aromatic carbocycles. The molecule has 0 spiro atoms. The Morgan fingerprint density at radius 2 is 1.79 bits per heavy atom. The van der Waals surface area contributed by atoms with Gasteiger partial charge in [-0.2, -0.15) is 0 Å². The molecule has 0 heterocycles. The predicted octanol–water partition coefficient (Wildman–Crippen LogP) is 4.76. The Morgan fingerprint density at radius 1 is 1.00 bits per heavy atom. The minimum Gasteiger partial charge on any atom is -0.490 e. The summed E-state index contributed by atoms with van der Waals surface area (Å²) in [6, 6.07) is 14.3. The lowest BCUT2D eigenvalue weighted by molar-refractivity contribution is 0.204. The molecular weight excluding hydrogens is 417 g/mol. The topological polar surface area (TPSA) is 40.0 Å². The van der Waals surface area contributed by atoms with Gasteiger partial charge in [0.1, 0.15) is 18.1 Å². The third kappa shape index (κ3) is 3.62. The van der Waals surface area contributed by atoms with Crippen LogP contribution in [0.15, 0.2) is 59.8 Å². The van der Waals surface area contributed by atoms with E-state index in [9.17, 15) is 0 Å². The molecule has 3 rings (SSSR count). The van der Waals surface area contributed by atoms with Gasteiger partial charge in [-0.3, -0.25) is 0 Å². The first-order valence-corrected chi connectivity index (χ1v) is 8.60. The molecule has 1 aliphatic rings. The monoisotopic (exact) mass is 435 g/mol. The van der Waals surface area contributed by atoms with Gasteiger partial charge in [0.2, 0.25) is 23.0 Å². The summed E-state index contributed by atoms with van der Waals surface area (Å²) in [6.45, 7) is 1.26. The highest BCUT2D eigenvalue weighted by Crippen LogP contribution is 2.38. The molecule has 0 bridgehead atoms. The summed E-state index contributed by atoms with van der Waals surface area (Å²) in [5.74, 6) is 0.819. The predicted molar refractivity (Wildman–Crippen MR) is 104 cm³/mol. The van der Waals surface area contributed by atoms with Crippen molar-refractivity contribution in [3.05, 3.63) is 65.7 Å². The maximum Gasteiger partial charge on any atom is 0.230 e. The van der Waals surface area contributed by atoms with Crippen molar-refractivity contribution < 1.29 is 12.6 Å². The van der Waals surface area contributed by atoms with Gasteiger partial charge >= 0.3 is 0 Å². The number of hydrogen-bond acceptors (Lipinski definition) is 4. The first-order chi connectivity index (χ1) is 11.8. The van der Waals surface area contributed by atoms with E-state index in [1.165, 1.54) is 5.56 Å². The summed E-state index contributed by atoms with van der Waals surface area (Å²) >= 11 is 1.78. The smallest absolute Gasteiger partial charge is 0.230 e. The standard InChI is InChI=1S/C19H18INO3/c1-22-11-5-2-6-12-23-14-9-10-16-15-7-3-4-8-17(15)19(21-24-20)18(16)13-14/h2-4,6-10,13H,5,11-12H2,1H3/b6-2+,21-19+. The highest BCUT2D eigenvalue weighted by atomic mass is 127. The molecule has 1 aliphatic carbocycles. The maximum atomic E-state index is 5.81. The van der Waals surface area contributed by atoms with Crippen LogP contribution in [-0.2, 0) is 7.90 Å². The quantitative estimate of drug-likeness (QED) is 0.233. The second-order valence-corrected chi connectivity index (χ2v) is 5.72. The number of rotatable bonds is 7. The summed E-state index contributed by atoms with van der Waals surface area (Å²) in [4.78, 5) is 0. The first kappa shape index (κ1) is 17.0. The van der Waals surface area contributed by atoms with Gasteiger partial charge < -0.3 is 12.6 Å². The van der Waals surface area contributed by atoms with Crippen LogP contribution in [0.1, 0.15) is 17.5 Å². The number of benzene rings is 2. The highest BCUT2D eigenvalue weighted by Gasteiger charge is 2.25. The molecule has 124 valence electrons. The molecule has 0 saturated heterocycles. The van der Waals surface area contributed by atoms with Gasteiger partial charge in [0.15, 0.2) is 0 Å². The molecule has 0 aromatic heterocycles. The first-order valence-electron chi connectivity index (χ1n) is 7.72. The van der Waals surface area contributed by atoms with Gasteiger partial charge in [-0.05, 0) is 35.7 Å². The molecule has 0 unspecified atom stereocenters. The van der Waals surface area contributed by atoms with Crippen molar-refractivity contribution in [1.29, 1.82) is 0 Å². The van der Waals surface area contributed by atoms with Gasteiger partial charge in [0.25, 0.3) is 0 Å². The molecule has 0 fully saturated rings. The van der Waals surface area contributed by atoms with Crippen LogP contribution in [-0.4, -0.2) is 26.0 Å². The molecule has 5 heteroatoms. The highest BCUT2D eigenvalue weighted by molar-refractivity contribution is 14.1. The largest absolute Gasteiger partial charge is 0.490 e. The Bertz CT molecular complexity index is 771. The van der Waals surface area contributed by atoms with E-state index in [0.29, 0.717) is 6.61 Å². The van der Waals surface area contributed by atoms with Crippen molar-refractivity contribution in [3.8, 4) is 16.9 Å².